The minimum absolute atomic E-state index is 0.0780. The number of hydrogen-bond donors (Lipinski definition) is 0. The fourth-order valence-electron chi connectivity index (χ4n) is 2.22. The van der Waals surface area contributed by atoms with Gasteiger partial charge in [0, 0.05) is 10.4 Å². The van der Waals surface area contributed by atoms with E-state index in [0.29, 0.717) is 5.02 Å². The predicted octanol–water partition coefficient (Wildman–Crippen LogP) is 5.52. The first-order valence-corrected chi connectivity index (χ1v) is 7.31. The second-order valence-corrected chi connectivity index (χ2v) is 6.58. The monoisotopic (exact) mass is 317 g/mol. The Morgan fingerprint density at radius 3 is 2.32 bits per heavy atom. The smallest absolute Gasteiger partial charge is 0.144 e. The molecule has 0 amide bonds. The number of halogens is 2. The van der Waals surface area contributed by atoms with E-state index in [1.165, 1.54) is 12.1 Å². The zero-order chi connectivity index (χ0) is 16.3. The highest BCUT2D eigenvalue weighted by Gasteiger charge is 2.29. The molecule has 2 rings (SSSR count). The number of nitrogens with zero attached hydrogens (tertiary/aromatic N) is 1. The normalized spacial score (nSPS) is 12.5. The lowest BCUT2D eigenvalue weighted by Gasteiger charge is -2.32. The first kappa shape index (κ1) is 16.3. The molecule has 1 unspecified atom stereocenters. The molecule has 0 bridgehead atoms. The van der Waals surface area contributed by atoms with Crippen LogP contribution in [0.2, 0.25) is 5.02 Å². The van der Waals surface area contributed by atoms with Crippen molar-refractivity contribution in [2.75, 3.05) is 0 Å². The van der Waals surface area contributed by atoms with Crippen molar-refractivity contribution in [1.82, 2.24) is 0 Å². The van der Waals surface area contributed by atoms with E-state index < -0.39 is 5.82 Å². The third-order valence-electron chi connectivity index (χ3n) is 3.29. The topological polar surface area (TPSA) is 33.0 Å². The molecular weight excluding hydrogens is 301 g/mol. The average Bonchev–Trinajstić information content (AvgIpc) is 2.45. The molecule has 22 heavy (non-hydrogen) atoms. The maximum Gasteiger partial charge on any atom is 0.144 e. The van der Waals surface area contributed by atoms with Crippen molar-refractivity contribution in [3.63, 3.8) is 0 Å². The van der Waals surface area contributed by atoms with E-state index in [9.17, 15) is 4.39 Å². The average molecular weight is 318 g/mol. The van der Waals surface area contributed by atoms with Gasteiger partial charge in [0.2, 0.25) is 0 Å². The van der Waals surface area contributed by atoms with Gasteiger partial charge in [-0.25, -0.2) is 4.39 Å². The van der Waals surface area contributed by atoms with Gasteiger partial charge in [-0.3, -0.25) is 0 Å². The molecule has 0 aliphatic carbocycles. The van der Waals surface area contributed by atoms with E-state index >= 15 is 0 Å². The molecule has 114 valence electrons. The zero-order valence-corrected chi connectivity index (χ0v) is 13.5. The summed E-state index contributed by atoms with van der Waals surface area (Å²) in [6.07, 6.45) is -0.335. The molecule has 0 aliphatic heterocycles. The first-order valence-electron chi connectivity index (χ1n) is 6.93. The summed E-state index contributed by atoms with van der Waals surface area (Å²) < 4.78 is 19.7. The molecule has 0 saturated heterocycles. The summed E-state index contributed by atoms with van der Waals surface area (Å²) in [4.78, 5) is 0. The third-order valence-corrected chi connectivity index (χ3v) is 3.54. The molecule has 0 N–H and O–H groups in total. The molecular formula is C18H17ClFNO. The van der Waals surface area contributed by atoms with E-state index in [4.69, 9.17) is 21.6 Å². The molecule has 2 nitrogen and oxygen atoms in total. The molecule has 0 aliphatic rings. The maximum absolute atomic E-state index is 13.7. The SMILES string of the molecule is CC(C)(C)C(Oc1cccc(F)c1C#N)c1ccc(Cl)cc1. The highest BCUT2D eigenvalue weighted by atomic mass is 35.5. The Hall–Kier alpha value is -2.05. The first-order chi connectivity index (χ1) is 10.3. The van der Waals surface area contributed by atoms with Crippen LogP contribution < -0.4 is 4.74 Å². The lowest BCUT2D eigenvalue weighted by Crippen LogP contribution is -2.24. The summed E-state index contributed by atoms with van der Waals surface area (Å²) in [5.74, 6) is -0.332. The molecule has 0 spiro atoms. The van der Waals surface area contributed by atoms with Gasteiger partial charge < -0.3 is 4.74 Å². The summed E-state index contributed by atoms with van der Waals surface area (Å²) in [6.45, 7) is 6.08. The lowest BCUT2D eigenvalue weighted by molar-refractivity contribution is 0.0861. The lowest BCUT2D eigenvalue weighted by atomic mass is 9.84. The largest absolute Gasteiger partial charge is 0.484 e. The summed E-state index contributed by atoms with van der Waals surface area (Å²) in [5, 5.41) is 9.77. The van der Waals surface area contributed by atoms with Gasteiger partial charge in [0.1, 0.15) is 29.3 Å². The Kier molecular flexibility index (Phi) is 4.73. The van der Waals surface area contributed by atoms with Crippen LogP contribution in [0.25, 0.3) is 0 Å². The van der Waals surface area contributed by atoms with Crippen LogP contribution in [-0.2, 0) is 0 Å². The van der Waals surface area contributed by atoms with Crippen molar-refractivity contribution in [2.24, 2.45) is 5.41 Å². The van der Waals surface area contributed by atoms with E-state index in [-0.39, 0.29) is 22.8 Å². The van der Waals surface area contributed by atoms with Gasteiger partial charge in [-0.2, -0.15) is 5.26 Å². The second-order valence-electron chi connectivity index (χ2n) is 6.14. The number of nitriles is 1. The predicted molar refractivity (Wildman–Crippen MR) is 85.4 cm³/mol. The molecule has 0 aromatic heterocycles. The van der Waals surface area contributed by atoms with Crippen molar-refractivity contribution < 1.29 is 9.13 Å². The molecule has 0 fully saturated rings. The van der Waals surface area contributed by atoms with Crippen LogP contribution >= 0.6 is 11.6 Å². The van der Waals surface area contributed by atoms with Crippen LogP contribution in [0.3, 0.4) is 0 Å². The van der Waals surface area contributed by atoms with Gasteiger partial charge >= 0.3 is 0 Å². The Balaban J connectivity index is 2.43. The zero-order valence-electron chi connectivity index (χ0n) is 12.7. The Labute approximate surface area is 135 Å². The fraction of sp³-hybridized carbons (Fsp3) is 0.278. The van der Waals surface area contributed by atoms with Gasteiger partial charge in [-0.1, -0.05) is 50.6 Å². The quantitative estimate of drug-likeness (QED) is 0.747. The Morgan fingerprint density at radius 1 is 1.14 bits per heavy atom. The fourth-order valence-corrected chi connectivity index (χ4v) is 2.35. The number of hydrogen-bond acceptors (Lipinski definition) is 2. The summed E-state index contributed by atoms with van der Waals surface area (Å²) >= 11 is 5.93. The Bertz CT molecular complexity index is 699. The number of benzene rings is 2. The van der Waals surface area contributed by atoms with E-state index in [0.717, 1.165) is 5.56 Å². The van der Waals surface area contributed by atoms with E-state index in [2.05, 4.69) is 0 Å². The third kappa shape index (κ3) is 3.58. The maximum atomic E-state index is 13.7. The molecule has 0 heterocycles. The van der Waals surface area contributed by atoms with Crippen molar-refractivity contribution in [2.45, 2.75) is 26.9 Å². The molecule has 0 saturated carbocycles. The molecule has 2 aromatic carbocycles. The molecule has 0 radical (unpaired) electrons. The van der Waals surface area contributed by atoms with Crippen LogP contribution in [-0.4, -0.2) is 0 Å². The van der Waals surface area contributed by atoms with Crippen molar-refractivity contribution in [1.29, 1.82) is 5.26 Å². The number of rotatable bonds is 3. The molecule has 4 heteroatoms. The van der Waals surface area contributed by atoms with Crippen molar-refractivity contribution in [3.05, 3.63) is 64.4 Å². The number of ether oxygens (including phenoxy) is 1. The minimum Gasteiger partial charge on any atom is -0.484 e. The van der Waals surface area contributed by atoms with Gasteiger partial charge in [-0.15, -0.1) is 0 Å². The molecule has 2 aromatic rings. The van der Waals surface area contributed by atoms with Gasteiger partial charge in [0.25, 0.3) is 0 Å². The van der Waals surface area contributed by atoms with Crippen LogP contribution in [0.1, 0.15) is 38.0 Å². The molecule has 1 atom stereocenters. The van der Waals surface area contributed by atoms with Gasteiger partial charge in [0.05, 0.1) is 0 Å². The Morgan fingerprint density at radius 2 is 1.77 bits per heavy atom. The van der Waals surface area contributed by atoms with Crippen molar-refractivity contribution >= 4 is 11.6 Å². The van der Waals surface area contributed by atoms with E-state index in [1.54, 1.807) is 18.2 Å². The van der Waals surface area contributed by atoms with Gasteiger partial charge in [0.15, 0.2) is 0 Å². The summed E-state index contributed by atoms with van der Waals surface area (Å²) in [5.41, 5.74) is 0.600. The second kappa shape index (κ2) is 6.37. The van der Waals surface area contributed by atoms with Crippen LogP contribution in [0.4, 0.5) is 4.39 Å². The van der Waals surface area contributed by atoms with Gasteiger partial charge in [-0.05, 0) is 29.8 Å². The summed E-state index contributed by atoms with van der Waals surface area (Å²) in [7, 11) is 0. The standard InChI is InChI=1S/C18H17ClFNO/c1-18(2,3)17(12-7-9-13(19)10-8-12)22-16-6-4-5-15(20)14(16)11-21/h4-10,17H,1-3H3. The van der Waals surface area contributed by atoms with Crippen LogP contribution in [0, 0.1) is 22.6 Å². The minimum atomic E-state index is -0.580. The van der Waals surface area contributed by atoms with Crippen LogP contribution in [0.5, 0.6) is 5.75 Å². The highest BCUT2D eigenvalue weighted by molar-refractivity contribution is 6.30. The van der Waals surface area contributed by atoms with E-state index in [1.807, 2.05) is 39.0 Å². The highest BCUT2D eigenvalue weighted by Crippen LogP contribution is 2.38. The summed E-state index contributed by atoms with van der Waals surface area (Å²) in [6, 6.07) is 13.6. The van der Waals surface area contributed by atoms with Crippen LogP contribution in [0.15, 0.2) is 42.5 Å². The van der Waals surface area contributed by atoms with Crippen molar-refractivity contribution in [3.8, 4) is 11.8 Å².